The van der Waals surface area contributed by atoms with Crippen molar-refractivity contribution in [1.29, 1.82) is 0 Å². The van der Waals surface area contributed by atoms with E-state index in [1.807, 2.05) is 43.3 Å². The van der Waals surface area contributed by atoms with E-state index in [0.29, 0.717) is 0 Å². The van der Waals surface area contributed by atoms with Gasteiger partial charge in [-0.1, -0.05) is 65.8 Å². The van der Waals surface area contributed by atoms with Gasteiger partial charge in [0, 0.05) is 0 Å². The summed E-state index contributed by atoms with van der Waals surface area (Å²) in [5.74, 6) is -1.39. The van der Waals surface area contributed by atoms with Gasteiger partial charge in [-0.05, 0) is 69.5 Å². The van der Waals surface area contributed by atoms with Gasteiger partial charge in [-0.3, -0.25) is 9.59 Å². The van der Waals surface area contributed by atoms with Crippen molar-refractivity contribution in [2.75, 3.05) is 13.7 Å². The first kappa shape index (κ1) is 30.9. The minimum absolute atomic E-state index is 0.0187. The minimum atomic E-state index is -0.758. The van der Waals surface area contributed by atoms with Gasteiger partial charge in [0.05, 0.1) is 12.7 Å². The van der Waals surface area contributed by atoms with Crippen LogP contribution in [0.3, 0.4) is 0 Å². The largest absolute Gasteiger partial charge is 0.488 e. The summed E-state index contributed by atoms with van der Waals surface area (Å²) in [4.78, 5) is 38.0. The van der Waals surface area contributed by atoms with Gasteiger partial charge in [0.15, 0.2) is 5.78 Å². The van der Waals surface area contributed by atoms with E-state index in [2.05, 4.69) is 24.7 Å². The Morgan fingerprint density at radius 2 is 1.41 bits per heavy atom. The molecule has 41 heavy (non-hydrogen) atoms. The highest BCUT2D eigenvalue weighted by atomic mass is 16.5. The van der Waals surface area contributed by atoms with E-state index in [4.69, 9.17) is 14.2 Å². The lowest BCUT2D eigenvalue weighted by Crippen LogP contribution is -2.16. The third kappa shape index (κ3) is 9.80. The highest BCUT2D eigenvalue weighted by molar-refractivity contribution is 6.08. The normalized spacial score (nSPS) is 10.9. The van der Waals surface area contributed by atoms with Crippen molar-refractivity contribution in [2.24, 2.45) is 0 Å². The number of ether oxygens (including phenoxy) is 4. The molecule has 0 radical (unpaired) electrons. The van der Waals surface area contributed by atoms with Crippen LogP contribution < -0.4 is 14.2 Å². The number of ketones is 1. The second kappa shape index (κ2) is 15.8. The number of rotatable bonds is 14. The van der Waals surface area contributed by atoms with Gasteiger partial charge in [0.1, 0.15) is 42.4 Å². The molecule has 214 valence electrons. The fourth-order valence-electron chi connectivity index (χ4n) is 3.89. The number of Topliss-reactive ketones (excluding diaryl/α,β-unsaturated/α-hetero) is 1. The second-order valence-electron chi connectivity index (χ2n) is 9.65. The molecule has 7 nitrogen and oxygen atoms in total. The zero-order valence-electron chi connectivity index (χ0n) is 24.0. The molecule has 0 N–H and O–H groups in total. The van der Waals surface area contributed by atoms with Gasteiger partial charge < -0.3 is 18.9 Å². The van der Waals surface area contributed by atoms with Crippen molar-refractivity contribution >= 4 is 17.7 Å². The van der Waals surface area contributed by atoms with Gasteiger partial charge in [0.25, 0.3) is 0 Å². The Morgan fingerprint density at radius 1 is 0.756 bits per heavy atom. The summed E-state index contributed by atoms with van der Waals surface area (Å²) in [7, 11) is 1.20. The molecule has 0 spiro atoms. The molecule has 0 aliphatic rings. The lowest BCUT2D eigenvalue weighted by molar-refractivity contribution is -0.139. The van der Waals surface area contributed by atoms with E-state index in [9.17, 15) is 14.4 Å². The molecule has 0 heterocycles. The smallest absolute Gasteiger partial charge is 0.351 e. The SMILES string of the molecule is COC(=O)CC(=O)c1ccccc1OC(=O)c1c(OCC=C(C)CCC=C(C)C)cccc1OCc1ccccc1. The molecule has 0 atom stereocenters. The number of esters is 2. The Kier molecular flexibility index (Phi) is 11.9. The van der Waals surface area contributed by atoms with Crippen molar-refractivity contribution in [2.45, 2.75) is 46.6 Å². The Labute approximate surface area is 241 Å². The van der Waals surface area contributed by atoms with Crippen LogP contribution in [0.2, 0.25) is 0 Å². The van der Waals surface area contributed by atoms with Crippen molar-refractivity contribution in [3.63, 3.8) is 0 Å². The molecule has 0 unspecified atom stereocenters. The van der Waals surface area contributed by atoms with Gasteiger partial charge in [-0.2, -0.15) is 0 Å². The summed E-state index contributed by atoms with van der Waals surface area (Å²) in [5.41, 5.74) is 3.55. The molecule has 0 saturated carbocycles. The fraction of sp³-hybridized carbons (Fsp3) is 0.265. The van der Waals surface area contributed by atoms with Crippen molar-refractivity contribution < 1.29 is 33.3 Å². The summed E-state index contributed by atoms with van der Waals surface area (Å²) in [6.45, 7) is 6.66. The van der Waals surface area contributed by atoms with Crippen LogP contribution in [-0.2, 0) is 16.1 Å². The van der Waals surface area contributed by atoms with Crippen molar-refractivity contribution in [3.05, 3.63) is 113 Å². The maximum absolute atomic E-state index is 13.6. The molecule has 0 bridgehead atoms. The lowest BCUT2D eigenvalue weighted by Gasteiger charge is -2.16. The summed E-state index contributed by atoms with van der Waals surface area (Å²) in [6.07, 6.45) is 5.54. The molecule has 0 fully saturated rings. The van der Waals surface area contributed by atoms with Crippen LogP contribution in [-0.4, -0.2) is 31.4 Å². The Balaban J connectivity index is 1.87. The average molecular weight is 557 g/mol. The summed E-state index contributed by atoms with van der Waals surface area (Å²) in [5, 5.41) is 0. The van der Waals surface area contributed by atoms with Gasteiger partial charge in [-0.15, -0.1) is 0 Å². The maximum Gasteiger partial charge on any atom is 0.351 e. The van der Waals surface area contributed by atoms with E-state index in [-0.39, 0.29) is 41.6 Å². The first-order valence-corrected chi connectivity index (χ1v) is 13.4. The van der Waals surface area contributed by atoms with Crippen LogP contribution in [0.25, 0.3) is 0 Å². The molecule has 3 aromatic rings. The Bertz CT molecular complexity index is 1400. The lowest BCUT2D eigenvalue weighted by atomic mass is 10.1. The Hall–Kier alpha value is -4.65. The topological polar surface area (TPSA) is 88.1 Å². The Morgan fingerprint density at radius 3 is 2.12 bits per heavy atom. The van der Waals surface area contributed by atoms with Gasteiger partial charge in [-0.25, -0.2) is 4.79 Å². The van der Waals surface area contributed by atoms with E-state index in [1.165, 1.54) is 30.4 Å². The van der Waals surface area contributed by atoms with Crippen LogP contribution in [0.5, 0.6) is 17.2 Å². The summed E-state index contributed by atoms with van der Waals surface area (Å²) >= 11 is 0. The van der Waals surface area contributed by atoms with Gasteiger partial charge >= 0.3 is 11.9 Å². The standard InChI is InChI=1S/C34H36O7/c1-24(2)12-10-13-25(3)20-21-39-30-18-11-19-31(40-23-26-14-6-5-7-15-26)33(30)34(37)41-29-17-9-8-16-27(29)28(35)22-32(36)38-4/h5-9,11-12,14-20H,10,13,21-23H2,1-4H3. The minimum Gasteiger partial charge on any atom is -0.488 e. The van der Waals surface area contributed by atoms with Crippen LogP contribution in [0.4, 0.5) is 0 Å². The van der Waals surface area contributed by atoms with E-state index >= 15 is 0 Å². The fourth-order valence-corrected chi connectivity index (χ4v) is 3.89. The predicted molar refractivity (Wildman–Crippen MR) is 157 cm³/mol. The number of carbonyl (C=O) groups is 3. The van der Waals surface area contributed by atoms with Crippen molar-refractivity contribution in [3.8, 4) is 17.2 Å². The molecule has 0 aromatic heterocycles. The monoisotopic (exact) mass is 556 g/mol. The first-order chi connectivity index (χ1) is 19.8. The molecular formula is C34H36O7. The number of hydrogen-bond donors (Lipinski definition) is 0. The van der Waals surface area contributed by atoms with E-state index in [0.717, 1.165) is 18.4 Å². The molecule has 0 amide bonds. The quantitative estimate of drug-likeness (QED) is 0.0677. The third-order valence-corrected chi connectivity index (χ3v) is 6.11. The van der Waals surface area contributed by atoms with Gasteiger partial charge in [0.2, 0.25) is 0 Å². The molecule has 0 aliphatic heterocycles. The predicted octanol–water partition coefficient (Wildman–Crippen LogP) is 7.30. The highest BCUT2D eigenvalue weighted by Gasteiger charge is 2.24. The van der Waals surface area contributed by atoms with E-state index < -0.39 is 24.1 Å². The number of benzene rings is 3. The van der Waals surface area contributed by atoms with Crippen LogP contribution >= 0.6 is 0 Å². The van der Waals surface area contributed by atoms with Crippen LogP contribution in [0.15, 0.2) is 96.1 Å². The average Bonchev–Trinajstić information content (AvgIpc) is 2.96. The first-order valence-electron chi connectivity index (χ1n) is 13.4. The zero-order valence-corrected chi connectivity index (χ0v) is 24.0. The summed E-state index contributed by atoms with van der Waals surface area (Å²) < 4.78 is 22.4. The number of allylic oxidation sites excluding steroid dienone is 3. The summed E-state index contributed by atoms with van der Waals surface area (Å²) in [6, 6.07) is 20.9. The molecule has 7 heteroatoms. The number of hydrogen-bond acceptors (Lipinski definition) is 7. The second-order valence-corrected chi connectivity index (χ2v) is 9.65. The zero-order chi connectivity index (χ0) is 29.6. The molecule has 0 saturated heterocycles. The highest BCUT2D eigenvalue weighted by Crippen LogP contribution is 2.32. The number of para-hydroxylation sites is 1. The van der Waals surface area contributed by atoms with Crippen molar-refractivity contribution in [1.82, 2.24) is 0 Å². The number of carbonyl (C=O) groups excluding carboxylic acids is 3. The molecule has 0 aliphatic carbocycles. The van der Waals surface area contributed by atoms with E-state index in [1.54, 1.807) is 30.3 Å². The van der Waals surface area contributed by atoms with Crippen LogP contribution in [0, 0.1) is 0 Å². The maximum atomic E-state index is 13.6. The number of methoxy groups -OCH3 is 1. The molecule has 3 rings (SSSR count). The molecular weight excluding hydrogens is 520 g/mol. The third-order valence-electron chi connectivity index (χ3n) is 6.11. The molecule has 3 aromatic carbocycles. The van der Waals surface area contributed by atoms with Crippen LogP contribution in [0.1, 0.15) is 66.3 Å².